The fraction of sp³-hybridized carbons (Fsp3) is 0.188. The Bertz CT molecular complexity index is 633. The molecule has 0 bridgehead atoms. The van der Waals surface area contributed by atoms with E-state index in [1.807, 2.05) is 32.0 Å². The monoisotopic (exact) mass is 333 g/mol. The van der Waals surface area contributed by atoms with Crippen molar-refractivity contribution >= 4 is 27.6 Å². The maximum absolute atomic E-state index is 12.0. The van der Waals surface area contributed by atoms with Gasteiger partial charge in [-0.1, -0.05) is 18.2 Å². The van der Waals surface area contributed by atoms with Crippen molar-refractivity contribution in [3.8, 4) is 0 Å². The fourth-order valence-electron chi connectivity index (χ4n) is 1.97. The predicted molar refractivity (Wildman–Crippen MR) is 83.6 cm³/mol. The number of benzene rings is 2. The number of halogens is 1. The van der Waals surface area contributed by atoms with Crippen molar-refractivity contribution in [2.75, 3.05) is 5.73 Å². The summed E-state index contributed by atoms with van der Waals surface area (Å²) in [5.41, 5.74) is 10.0. The Morgan fingerprint density at radius 3 is 2.45 bits per heavy atom. The first-order chi connectivity index (χ1) is 9.49. The van der Waals surface area contributed by atoms with Crippen LogP contribution in [-0.2, 0) is 11.3 Å². The number of anilines is 1. The van der Waals surface area contributed by atoms with E-state index in [0.717, 1.165) is 21.2 Å². The van der Waals surface area contributed by atoms with Gasteiger partial charge in [0.1, 0.15) is 6.61 Å². The molecule has 0 unspecified atom stereocenters. The van der Waals surface area contributed by atoms with Gasteiger partial charge in [-0.05, 0) is 64.7 Å². The molecule has 0 aliphatic rings. The van der Waals surface area contributed by atoms with E-state index in [-0.39, 0.29) is 12.6 Å². The van der Waals surface area contributed by atoms with Crippen LogP contribution in [0, 0.1) is 13.8 Å². The lowest BCUT2D eigenvalue weighted by Crippen LogP contribution is -2.07. The molecule has 0 atom stereocenters. The van der Waals surface area contributed by atoms with Gasteiger partial charge in [0, 0.05) is 10.2 Å². The highest BCUT2D eigenvalue weighted by Gasteiger charge is 2.10. The summed E-state index contributed by atoms with van der Waals surface area (Å²) in [5, 5.41) is 0. The van der Waals surface area contributed by atoms with Crippen molar-refractivity contribution in [3.63, 3.8) is 0 Å². The van der Waals surface area contributed by atoms with Gasteiger partial charge in [0.05, 0.1) is 5.56 Å². The van der Waals surface area contributed by atoms with Crippen LogP contribution in [0.2, 0.25) is 0 Å². The molecule has 0 aliphatic carbocycles. The molecular weight excluding hydrogens is 318 g/mol. The first kappa shape index (κ1) is 14.6. The zero-order valence-electron chi connectivity index (χ0n) is 11.4. The molecule has 2 aromatic rings. The predicted octanol–water partition coefficient (Wildman–Crippen LogP) is 4.01. The maximum Gasteiger partial charge on any atom is 0.338 e. The van der Waals surface area contributed by atoms with Gasteiger partial charge in [-0.15, -0.1) is 0 Å². The highest BCUT2D eigenvalue weighted by molar-refractivity contribution is 9.10. The number of rotatable bonds is 3. The Kier molecular flexibility index (Phi) is 4.45. The van der Waals surface area contributed by atoms with Crippen LogP contribution in [0.5, 0.6) is 0 Å². The van der Waals surface area contributed by atoms with Crippen molar-refractivity contribution in [1.82, 2.24) is 0 Å². The molecule has 0 radical (unpaired) electrons. The minimum absolute atomic E-state index is 0.271. The second-order valence-corrected chi connectivity index (χ2v) is 5.54. The van der Waals surface area contributed by atoms with Crippen molar-refractivity contribution in [1.29, 1.82) is 0 Å². The van der Waals surface area contributed by atoms with Gasteiger partial charge in [-0.25, -0.2) is 4.79 Å². The van der Waals surface area contributed by atoms with E-state index in [4.69, 9.17) is 10.5 Å². The molecule has 20 heavy (non-hydrogen) atoms. The average molecular weight is 334 g/mol. The van der Waals surface area contributed by atoms with Crippen LogP contribution in [0.4, 0.5) is 5.69 Å². The van der Waals surface area contributed by atoms with Gasteiger partial charge < -0.3 is 10.5 Å². The normalized spacial score (nSPS) is 10.3. The second-order valence-electron chi connectivity index (χ2n) is 4.68. The van der Waals surface area contributed by atoms with E-state index in [1.165, 1.54) is 0 Å². The SMILES string of the molecule is Cc1cccc(C)c1COC(=O)c1ccc(Br)c(N)c1. The van der Waals surface area contributed by atoms with E-state index in [2.05, 4.69) is 15.9 Å². The van der Waals surface area contributed by atoms with Gasteiger partial charge in [0.25, 0.3) is 0 Å². The van der Waals surface area contributed by atoms with Crippen LogP contribution in [0.1, 0.15) is 27.0 Å². The lowest BCUT2D eigenvalue weighted by Gasteiger charge is -2.11. The Morgan fingerprint density at radius 1 is 1.20 bits per heavy atom. The third-order valence-corrected chi connectivity index (χ3v) is 3.95. The maximum atomic E-state index is 12.0. The smallest absolute Gasteiger partial charge is 0.338 e. The Hall–Kier alpha value is -1.81. The molecule has 0 fully saturated rings. The zero-order chi connectivity index (χ0) is 14.7. The summed E-state index contributed by atoms with van der Waals surface area (Å²) in [7, 11) is 0. The molecule has 0 aliphatic heterocycles. The summed E-state index contributed by atoms with van der Waals surface area (Å²) in [5.74, 6) is -0.369. The first-order valence-corrected chi connectivity index (χ1v) is 7.05. The summed E-state index contributed by atoms with van der Waals surface area (Å²) in [6.07, 6.45) is 0. The molecule has 104 valence electrons. The van der Waals surface area contributed by atoms with E-state index in [9.17, 15) is 4.79 Å². The summed E-state index contributed by atoms with van der Waals surface area (Å²) < 4.78 is 6.13. The lowest BCUT2D eigenvalue weighted by atomic mass is 10.0. The number of esters is 1. The van der Waals surface area contributed by atoms with Crippen LogP contribution in [0.25, 0.3) is 0 Å². The number of nitrogens with two attached hydrogens (primary N) is 1. The van der Waals surface area contributed by atoms with Crippen LogP contribution >= 0.6 is 15.9 Å². The molecule has 3 nitrogen and oxygen atoms in total. The molecule has 2 aromatic carbocycles. The van der Waals surface area contributed by atoms with Gasteiger partial charge >= 0.3 is 5.97 Å². The highest BCUT2D eigenvalue weighted by Crippen LogP contribution is 2.21. The third-order valence-electron chi connectivity index (χ3n) is 3.22. The molecular formula is C16H16BrNO2. The Labute approximate surface area is 126 Å². The number of hydrogen-bond acceptors (Lipinski definition) is 3. The number of carbonyl (C=O) groups excluding carboxylic acids is 1. The summed E-state index contributed by atoms with van der Waals surface area (Å²) in [6, 6.07) is 11.0. The van der Waals surface area contributed by atoms with Gasteiger partial charge in [-0.2, -0.15) is 0 Å². The van der Waals surface area contributed by atoms with Crippen molar-refractivity contribution in [3.05, 3.63) is 63.1 Å². The minimum atomic E-state index is -0.369. The molecule has 2 rings (SSSR count). The number of ether oxygens (including phenoxy) is 1. The van der Waals surface area contributed by atoms with Gasteiger partial charge in [0.2, 0.25) is 0 Å². The van der Waals surface area contributed by atoms with Crippen LogP contribution < -0.4 is 5.73 Å². The quantitative estimate of drug-likeness (QED) is 0.682. The second kappa shape index (κ2) is 6.09. The number of carbonyl (C=O) groups is 1. The number of aryl methyl sites for hydroxylation is 2. The van der Waals surface area contributed by atoms with Crippen LogP contribution in [-0.4, -0.2) is 5.97 Å². The molecule has 0 spiro atoms. The number of nitrogen functional groups attached to an aromatic ring is 1. The molecule has 0 aromatic heterocycles. The van der Waals surface area contributed by atoms with Crippen LogP contribution in [0.15, 0.2) is 40.9 Å². The topological polar surface area (TPSA) is 52.3 Å². The van der Waals surface area contributed by atoms with E-state index >= 15 is 0 Å². The average Bonchev–Trinajstić information content (AvgIpc) is 2.41. The minimum Gasteiger partial charge on any atom is -0.457 e. The molecule has 0 saturated carbocycles. The summed E-state index contributed by atoms with van der Waals surface area (Å²) in [4.78, 5) is 12.0. The lowest BCUT2D eigenvalue weighted by molar-refractivity contribution is 0.0471. The first-order valence-electron chi connectivity index (χ1n) is 6.26. The van der Waals surface area contributed by atoms with Crippen molar-refractivity contribution in [2.24, 2.45) is 0 Å². The van der Waals surface area contributed by atoms with Gasteiger partial charge in [0.15, 0.2) is 0 Å². The van der Waals surface area contributed by atoms with Crippen LogP contribution in [0.3, 0.4) is 0 Å². The fourth-order valence-corrected chi connectivity index (χ4v) is 2.22. The molecule has 0 amide bonds. The number of hydrogen-bond donors (Lipinski definition) is 1. The van der Waals surface area contributed by atoms with E-state index in [1.54, 1.807) is 18.2 Å². The van der Waals surface area contributed by atoms with Crippen molar-refractivity contribution in [2.45, 2.75) is 20.5 Å². The Balaban J connectivity index is 2.11. The third kappa shape index (κ3) is 3.20. The standard InChI is InChI=1S/C16H16BrNO2/c1-10-4-3-5-11(2)13(10)9-20-16(19)12-6-7-14(17)15(18)8-12/h3-8H,9,18H2,1-2H3. The Morgan fingerprint density at radius 2 is 1.85 bits per heavy atom. The zero-order valence-corrected chi connectivity index (χ0v) is 13.0. The van der Waals surface area contributed by atoms with Crippen molar-refractivity contribution < 1.29 is 9.53 Å². The van der Waals surface area contributed by atoms with Gasteiger partial charge in [-0.3, -0.25) is 0 Å². The molecule has 2 N–H and O–H groups in total. The van der Waals surface area contributed by atoms with E-state index in [0.29, 0.717) is 11.3 Å². The molecule has 4 heteroatoms. The summed E-state index contributed by atoms with van der Waals surface area (Å²) >= 11 is 3.30. The highest BCUT2D eigenvalue weighted by atomic mass is 79.9. The largest absolute Gasteiger partial charge is 0.457 e. The van der Waals surface area contributed by atoms with E-state index < -0.39 is 0 Å². The molecule has 0 heterocycles. The molecule has 0 saturated heterocycles. The summed E-state index contributed by atoms with van der Waals surface area (Å²) in [6.45, 7) is 4.29.